The lowest BCUT2D eigenvalue weighted by molar-refractivity contribution is -0.235. The Balaban J connectivity index is 1.23. The van der Waals surface area contributed by atoms with E-state index in [1.165, 1.54) is 23.0 Å². The predicted octanol–water partition coefficient (Wildman–Crippen LogP) is -0.138. The molecule has 0 radical (unpaired) electrons. The maximum absolute atomic E-state index is 14.6. The van der Waals surface area contributed by atoms with Crippen molar-refractivity contribution in [2.24, 2.45) is 17.3 Å². The van der Waals surface area contributed by atoms with E-state index in [1.54, 1.807) is 20.2 Å². The van der Waals surface area contributed by atoms with Crippen LogP contribution in [0.2, 0.25) is 0 Å². The van der Waals surface area contributed by atoms with Crippen LogP contribution in [0.1, 0.15) is 50.2 Å². The number of rotatable bonds is 12. The van der Waals surface area contributed by atoms with Crippen LogP contribution in [-0.2, 0) is 44.8 Å². The summed E-state index contributed by atoms with van der Waals surface area (Å²) in [5.41, 5.74) is -0.0134. The first-order valence-corrected chi connectivity index (χ1v) is 16.8. The molecular weight excluding hydrogens is 624 g/mol. The number of carbonyl (C=O) groups excluding carboxylic acids is 4. The summed E-state index contributed by atoms with van der Waals surface area (Å²) in [4.78, 5) is 61.8. The second-order valence-electron chi connectivity index (χ2n) is 14.2. The lowest BCUT2D eigenvalue weighted by Crippen LogP contribution is -2.71. The molecule has 14 nitrogen and oxygen atoms in total. The molecule has 6 aliphatic rings. The van der Waals surface area contributed by atoms with Crippen LogP contribution in [0, 0.1) is 17.3 Å². The van der Waals surface area contributed by atoms with Gasteiger partial charge in [0.1, 0.15) is 35.9 Å². The Bertz CT molecular complexity index is 1480. The summed E-state index contributed by atoms with van der Waals surface area (Å²) < 4.78 is 19.7. The molecule has 14 heteroatoms. The molecule has 7 rings (SSSR count). The number of benzene rings is 1. The first kappa shape index (κ1) is 33.1. The van der Waals surface area contributed by atoms with E-state index in [9.17, 15) is 29.4 Å². The molecule has 1 aromatic rings. The quantitative estimate of drug-likeness (QED) is 0.172. The third kappa shape index (κ3) is 5.61. The highest BCUT2D eigenvalue weighted by molar-refractivity contribution is 5.96. The molecule has 260 valence electrons. The van der Waals surface area contributed by atoms with Crippen LogP contribution >= 0.6 is 0 Å². The fourth-order valence-corrected chi connectivity index (χ4v) is 7.93. The number of nitrogens with zero attached hydrogens (tertiary/aromatic N) is 2. The van der Waals surface area contributed by atoms with Crippen molar-refractivity contribution in [3.05, 3.63) is 41.5 Å². The smallest absolute Gasteiger partial charge is 0.327 e. The predicted molar refractivity (Wildman–Crippen MR) is 167 cm³/mol. The van der Waals surface area contributed by atoms with Crippen LogP contribution in [0.4, 0.5) is 0 Å². The van der Waals surface area contributed by atoms with Gasteiger partial charge in [-0.3, -0.25) is 24.0 Å². The molecule has 3 saturated heterocycles. The molecule has 1 aromatic carbocycles. The van der Waals surface area contributed by atoms with Crippen LogP contribution < -0.4 is 10.6 Å². The maximum atomic E-state index is 14.6. The Morgan fingerprint density at radius 1 is 1.12 bits per heavy atom. The van der Waals surface area contributed by atoms with Crippen molar-refractivity contribution in [2.45, 2.75) is 94.0 Å². The van der Waals surface area contributed by atoms with Crippen molar-refractivity contribution in [3.8, 4) is 0 Å². The van der Waals surface area contributed by atoms with E-state index in [0.29, 0.717) is 0 Å². The number of aliphatic hydroxyl groups is 2. The van der Waals surface area contributed by atoms with Gasteiger partial charge in [0.15, 0.2) is 11.8 Å². The Morgan fingerprint density at radius 3 is 2.48 bits per heavy atom. The number of fused-ring (bicyclic) bond motifs is 4. The molecule has 0 aromatic heterocycles. The molecule has 3 amide bonds. The second kappa shape index (κ2) is 12.5. The summed E-state index contributed by atoms with van der Waals surface area (Å²) in [5.74, 6) is -2.50. The molecule has 0 unspecified atom stereocenters. The third-order valence-corrected chi connectivity index (χ3v) is 10.5. The van der Waals surface area contributed by atoms with Gasteiger partial charge < -0.3 is 40.0 Å². The Kier molecular flexibility index (Phi) is 8.61. The van der Waals surface area contributed by atoms with Crippen molar-refractivity contribution in [3.63, 3.8) is 0 Å². The summed E-state index contributed by atoms with van der Waals surface area (Å²) >= 11 is 0. The lowest BCUT2D eigenvalue weighted by atomic mass is 9.62. The number of carbonyl (C=O) groups is 4. The molecule has 4 N–H and O–H groups in total. The first-order chi connectivity index (χ1) is 23.0. The number of ether oxygens (including phenoxy) is 3. The van der Waals surface area contributed by atoms with Crippen molar-refractivity contribution < 1.29 is 48.4 Å². The number of amides is 3. The molecule has 3 saturated carbocycles. The van der Waals surface area contributed by atoms with E-state index < -0.39 is 71.6 Å². The van der Waals surface area contributed by atoms with Gasteiger partial charge in [0, 0.05) is 45.0 Å². The molecule has 48 heavy (non-hydrogen) atoms. The normalized spacial score (nSPS) is 33.1. The SMILES string of the molecule is C[C@H](O)[C@@H](NC(=O)[C@@]12C[C@H]3OC(=O)[C@@H]1N(Cc1cccc(C=CC(=O)N(C)C)c1)O[C@@H]2[C@H]1OC(C2CC2)(C2CC2)O[C@H]13)C(=O)NCCO. The third-order valence-electron chi connectivity index (χ3n) is 10.5. The minimum Gasteiger partial charge on any atom is -0.458 e. The van der Waals surface area contributed by atoms with Gasteiger partial charge >= 0.3 is 5.97 Å². The van der Waals surface area contributed by atoms with Gasteiger partial charge in [-0.05, 0) is 49.8 Å². The fraction of sp³-hybridized carbons (Fsp3) is 0.647. The number of esters is 1. The summed E-state index contributed by atoms with van der Waals surface area (Å²) in [6.45, 7) is 1.11. The fourth-order valence-electron chi connectivity index (χ4n) is 7.93. The highest BCUT2D eigenvalue weighted by atomic mass is 16.8. The number of nitrogens with one attached hydrogen (secondary N) is 2. The molecule has 3 aliphatic carbocycles. The standard InChI is InChI=1S/C34H44N4O10/c1-18(40)25(30(42)35-13-14-39)36-32(44)33-16-23-26-27(47-34(46-26,21-8-9-21)22-10-11-22)29(33)48-38(28(33)31(43)45-23)17-20-6-4-5-19(15-20)7-12-24(41)37(2)3/h4-7,12,15,18,21-23,25-29,39-40H,8-11,13-14,16-17H2,1-3H3,(H,35,42)(H,36,44)/t18-,23+,25+,26-,27-,28-,29+,33-/m0/s1. The summed E-state index contributed by atoms with van der Waals surface area (Å²) in [5, 5.41) is 26.5. The van der Waals surface area contributed by atoms with E-state index in [0.717, 1.165) is 36.8 Å². The summed E-state index contributed by atoms with van der Waals surface area (Å²) in [6.07, 6.45) is 2.75. The van der Waals surface area contributed by atoms with Gasteiger partial charge in [-0.25, -0.2) is 0 Å². The molecule has 8 atom stereocenters. The number of hydroxylamine groups is 2. The lowest BCUT2D eigenvalue weighted by Gasteiger charge is -2.49. The van der Waals surface area contributed by atoms with Crippen LogP contribution in [0.25, 0.3) is 6.08 Å². The van der Waals surface area contributed by atoms with Gasteiger partial charge in [-0.15, -0.1) is 0 Å². The van der Waals surface area contributed by atoms with Crippen LogP contribution in [-0.4, -0.2) is 120 Å². The number of hydrogen-bond acceptors (Lipinski definition) is 11. The van der Waals surface area contributed by atoms with Crippen LogP contribution in [0.15, 0.2) is 30.3 Å². The zero-order chi connectivity index (χ0) is 34.0. The van der Waals surface area contributed by atoms with E-state index in [2.05, 4.69) is 10.6 Å². The van der Waals surface area contributed by atoms with E-state index in [1.807, 2.05) is 24.3 Å². The van der Waals surface area contributed by atoms with Crippen molar-refractivity contribution in [1.82, 2.24) is 20.6 Å². The average molecular weight is 669 g/mol. The minimum atomic E-state index is -1.53. The van der Waals surface area contributed by atoms with E-state index in [-0.39, 0.29) is 43.9 Å². The molecule has 6 fully saturated rings. The van der Waals surface area contributed by atoms with E-state index >= 15 is 0 Å². The highest BCUT2D eigenvalue weighted by Gasteiger charge is 2.78. The van der Waals surface area contributed by atoms with Crippen molar-refractivity contribution in [1.29, 1.82) is 0 Å². The van der Waals surface area contributed by atoms with Gasteiger partial charge in [-0.2, -0.15) is 5.06 Å². The summed E-state index contributed by atoms with van der Waals surface area (Å²) in [6, 6.07) is 4.86. The van der Waals surface area contributed by atoms with Crippen LogP contribution in [0.5, 0.6) is 0 Å². The molecule has 3 heterocycles. The van der Waals surface area contributed by atoms with Crippen molar-refractivity contribution in [2.75, 3.05) is 27.2 Å². The highest BCUT2D eigenvalue weighted by Crippen LogP contribution is 2.63. The second-order valence-corrected chi connectivity index (χ2v) is 14.2. The average Bonchev–Trinajstić information content (AvgIpc) is 4.00. The van der Waals surface area contributed by atoms with Crippen LogP contribution in [0.3, 0.4) is 0 Å². The number of hydrogen-bond donors (Lipinski definition) is 4. The van der Waals surface area contributed by atoms with Gasteiger partial charge in [0.25, 0.3) is 0 Å². The minimum absolute atomic E-state index is 0.0590. The Labute approximate surface area is 278 Å². The first-order valence-electron chi connectivity index (χ1n) is 16.8. The largest absolute Gasteiger partial charge is 0.458 e. The van der Waals surface area contributed by atoms with Gasteiger partial charge in [-0.1, -0.05) is 24.3 Å². The summed E-state index contributed by atoms with van der Waals surface area (Å²) in [7, 11) is 3.34. The zero-order valence-electron chi connectivity index (χ0n) is 27.4. The van der Waals surface area contributed by atoms with Gasteiger partial charge in [0.2, 0.25) is 17.7 Å². The molecular formula is C34H44N4O10. The number of aliphatic hydroxyl groups excluding tert-OH is 2. The molecule has 3 aliphatic heterocycles. The molecule has 2 bridgehead atoms. The maximum Gasteiger partial charge on any atom is 0.327 e. The number of likely N-dealkylation sites (N-methyl/N-ethyl adjacent to an activating group) is 1. The Hall–Kier alpha value is -3.40. The topological polar surface area (TPSA) is 176 Å². The monoisotopic (exact) mass is 668 g/mol. The van der Waals surface area contributed by atoms with Crippen molar-refractivity contribution >= 4 is 29.8 Å². The molecule has 0 spiro atoms. The zero-order valence-corrected chi connectivity index (χ0v) is 27.4. The Morgan fingerprint density at radius 2 is 1.83 bits per heavy atom. The van der Waals surface area contributed by atoms with E-state index in [4.69, 9.17) is 19.0 Å². The van der Waals surface area contributed by atoms with Gasteiger partial charge in [0.05, 0.1) is 19.3 Å².